The maximum absolute atomic E-state index is 12.0. The summed E-state index contributed by atoms with van der Waals surface area (Å²) in [5.41, 5.74) is 2.76. The van der Waals surface area contributed by atoms with E-state index in [1.807, 2.05) is 12.1 Å². The molecule has 0 aliphatic rings. The van der Waals surface area contributed by atoms with Gasteiger partial charge in [-0.15, -0.1) is 11.3 Å². The number of halogens is 2. The number of pyridine rings is 1. The summed E-state index contributed by atoms with van der Waals surface area (Å²) < 4.78 is 0.742. The predicted octanol–water partition coefficient (Wildman–Crippen LogP) is 2.71. The first-order valence-corrected chi connectivity index (χ1v) is 7.32. The first kappa shape index (κ1) is 15.1. The number of nitrogens with one attached hydrogen (secondary N) is 2. The van der Waals surface area contributed by atoms with Crippen LogP contribution in [0.5, 0.6) is 0 Å². The number of aromatic nitrogens is 1. The number of nitrogens with zero attached hydrogens (tertiary/aromatic N) is 1. The monoisotopic (exact) mass is 330 g/mol. The summed E-state index contributed by atoms with van der Waals surface area (Å²) in [7, 11) is 0. The summed E-state index contributed by atoms with van der Waals surface area (Å²) in [6.07, 6.45) is 0.726. The van der Waals surface area contributed by atoms with Gasteiger partial charge in [0, 0.05) is 17.0 Å². The van der Waals surface area contributed by atoms with Gasteiger partial charge in [-0.25, -0.2) is 10.8 Å². The minimum atomic E-state index is -0.228. The number of hydrogen-bond acceptors (Lipinski definition) is 5. The van der Waals surface area contributed by atoms with E-state index in [2.05, 4.69) is 15.7 Å². The summed E-state index contributed by atoms with van der Waals surface area (Å²) in [5, 5.41) is 3.01. The Kier molecular flexibility index (Phi) is 5.19. The predicted molar refractivity (Wildman–Crippen MR) is 82.4 cm³/mol. The summed E-state index contributed by atoms with van der Waals surface area (Å²) in [6, 6.07) is 6.80. The van der Waals surface area contributed by atoms with Gasteiger partial charge in [-0.1, -0.05) is 23.2 Å². The van der Waals surface area contributed by atoms with Crippen molar-refractivity contribution < 1.29 is 4.79 Å². The van der Waals surface area contributed by atoms with Gasteiger partial charge in [-0.3, -0.25) is 4.79 Å². The molecule has 0 unspecified atom stereocenters. The second kappa shape index (κ2) is 6.90. The summed E-state index contributed by atoms with van der Waals surface area (Å²) in [5.74, 6) is 5.36. The number of carbonyl (C=O) groups is 1. The minimum absolute atomic E-state index is 0.204. The average Bonchev–Trinajstić information content (AvgIpc) is 2.83. The van der Waals surface area contributed by atoms with Crippen LogP contribution in [-0.2, 0) is 6.42 Å². The Morgan fingerprint density at radius 2 is 2.15 bits per heavy atom. The van der Waals surface area contributed by atoms with Crippen molar-refractivity contribution in [3.05, 3.63) is 44.2 Å². The number of nitrogen functional groups attached to an aromatic ring is 1. The van der Waals surface area contributed by atoms with Crippen LogP contribution in [-0.4, -0.2) is 17.4 Å². The van der Waals surface area contributed by atoms with Crippen molar-refractivity contribution in [2.75, 3.05) is 12.0 Å². The standard InChI is InChI=1S/C12H12Cl2N4OS/c13-9-5-7(6-11(17-9)18-15)12(19)16-4-3-8-1-2-10(14)20-8/h1-2,5-6H,3-4,15H2,(H,16,19)(H,17,18). The molecule has 2 heterocycles. The lowest BCUT2D eigenvalue weighted by Gasteiger charge is -2.06. The number of hydrazine groups is 1. The number of rotatable bonds is 5. The van der Waals surface area contributed by atoms with Gasteiger partial charge >= 0.3 is 0 Å². The minimum Gasteiger partial charge on any atom is -0.352 e. The molecule has 2 aromatic rings. The van der Waals surface area contributed by atoms with Crippen LogP contribution in [0.1, 0.15) is 15.2 Å². The molecule has 5 nitrogen and oxygen atoms in total. The van der Waals surface area contributed by atoms with E-state index in [1.165, 1.54) is 23.5 Å². The van der Waals surface area contributed by atoms with Gasteiger partial charge in [0.1, 0.15) is 11.0 Å². The molecule has 0 bridgehead atoms. The van der Waals surface area contributed by atoms with E-state index in [-0.39, 0.29) is 11.1 Å². The summed E-state index contributed by atoms with van der Waals surface area (Å²) >= 11 is 13.1. The summed E-state index contributed by atoms with van der Waals surface area (Å²) in [4.78, 5) is 17.0. The van der Waals surface area contributed by atoms with Crippen LogP contribution in [0.25, 0.3) is 0 Å². The molecule has 0 saturated heterocycles. The van der Waals surface area contributed by atoms with Gasteiger partial charge in [-0.05, 0) is 30.7 Å². The smallest absolute Gasteiger partial charge is 0.251 e. The zero-order chi connectivity index (χ0) is 14.5. The fourth-order valence-electron chi connectivity index (χ4n) is 1.59. The van der Waals surface area contributed by atoms with Crippen LogP contribution in [0, 0.1) is 0 Å². The zero-order valence-electron chi connectivity index (χ0n) is 10.3. The first-order valence-electron chi connectivity index (χ1n) is 5.75. The third kappa shape index (κ3) is 4.08. The average molecular weight is 331 g/mol. The largest absolute Gasteiger partial charge is 0.352 e. The maximum atomic E-state index is 12.0. The lowest BCUT2D eigenvalue weighted by atomic mass is 10.2. The highest BCUT2D eigenvalue weighted by atomic mass is 35.5. The fraction of sp³-hybridized carbons (Fsp3) is 0.167. The van der Waals surface area contributed by atoms with Crippen LogP contribution in [0.15, 0.2) is 24.3 Å². The van der Waals surface area contributed by atoms with E-state index >= 15 is 0 Å². The molecule has 0 atom stereocenters. The molecule has 0 aromatic carbocycles. The number of thiophene rings is 1. The van der Waals surface area contributed by atoms with Crippen LogP contribution in [0.4, 0.5) is 5.82 Å². The number of carbonyl (C=O) groups excluding carboxylic acids is 1. The molecule has 2 aromatic heterocycles. The quantitative estimate of drug-likeness (QED) is 0.447. The van der Waals surface area contributed by atoms with Crippen molar-refractivity contribution in [3.8, 4) is 0 Å². The molecule has 106 valence electrons. The van der Waals surface area contributed by atoms with Gasteiger partial charge in [0.2, 0.25) is 0 Å². The van der Waals surface area contributed by atoms with E-state index in [0.29, 0.717) is 17.9 Å². The molecule has 0 saturated carbocycles. The highest BCUT2D eigenvalue weighted by molar-refractivity contribution is 7.16. The Morgan fingerprint density at radius 1 is 1.35 bits per heavy atom. The number of anilines is 1. The number of hydrogen-bond donors (Lipinski definition) is 3. The number of nitrogens with two attached hydrogens (primary N) is 1. The van der Waals surface area contributed by atoms with E-state index < -0.39 is 0 Å². The van der Waals surface area contributed by atoms with Crippen molar-refractivity contribution in [3.63, 3.8) is 0 Å². The lowest BCUT2D eigenvalue weighted by molar-refractivity contribution is 0.0954. The van der Waals surface area contributed by atoms with Crippen molar-refractivity contribution in [2.45, 2.75) is 6.42 Å². The second-order valence-corrected chi connectivity index (χ2v) is 6.11. The molecule has 4 N–H and O–H groups in total. The molecule has 0 fully saturated rings. The SMILES string of the molecule is NNc1cc(C(=O)NCCc2ccc(Cl)s2)cc(Cl)n1. The van der Waals surface area contributed by atoms with Crippen molar-refractivity contribution >= 4 is 46.3 Å². The van der Waals surface area contributed by atoms with Gasteiger partial charge < -0.3 is 10.7 Å². The van der Waals surface area contributed by atoms with Crippen LogP contribution >= 0.6 is 34.5 Å². The lowest BCUT2D eigenvalue weighted by Crippen LogP contribution is -2.25. The molecule has 20 heavy (non-hydrogen) atoms. The third-order valence-corrected chi connectivity index (χ3v) is 3.97. The Hall–Kier alpha value is -1.34. The van der Waals surface area contributed by atoms with Crippen molar-refractivity contribution in [1.82, 2.24) is 10.3 Å². The molecule has 0 aliphatic heterocycles. The zero-order valence-corrected chi connectivity index (χ0v) is 12.6. The van der Waals surface area contributed by atoms with Gasteiger partial charge in [0.05, 0.1) is 4.34 Å². The molecule has 8 heteroatoms. The Labute approximate surface area is 130 Å². The third-order valence-electron chi connectivity index (χ3n) is 2.49. The van der Waals surface area contributed by atoms with E-state index in [9.17, 15) is 4.79 Å². The Morgan fingerprint density at radius 3 is 2.80 bits per heavy atom. The van der Waals surface area contributed by atoms with Crippen LogP contribution < -0.4 is 16.6 Å². The van der Waals surface area contributed by atoms with E-state index in [1.54, 1.807) is 0 Å². The highest BCUT2D eigenvalue weighted by Gasteiger charge is 2.09. The maximum Gasteiger partial charge on any atom is 0.251 e. The van der Waals surface area contributed by atoms with E-state index in [4.69, 9.17) is 29.0 Å². The van der Waals surface area contributed by atoms with Crippen molar-refractivity contribution in [1.29, 1.82) is 0 Å². The fourth-order valence-corrected chi connectivity index (χ4v) is 2.88. The Bertz CT molecular complexity index is 617. The summed E-state index contributed by atoms with van der Waals surface area (Å²) in [6.45, 7) is 0.515. The first-order chi connectivity index (χ1) is 9.58. The Balaban J connectivity index is 1.93. The van der Waals surface area contributed by atoms with Crippen LogP contribution in [0.3, 0.4) is 0 Å². The highest BCUT2D eigenvalue weighted by Crippen LogP contribution is 2.21. The topological polar surface area (TPSA) is 80.0 Å². The number of amides is 1. The molecule has 0 spiro atoms. The molecule has 0 radical (unpaired) electrons. The molecular weight excluding hydrogens is 319 g/mol. The normalized spacial score (nSPS) is 10.3. The molecule has 2 rings (SSSR count). The van der Waals surface area contributed by atoms with Crippen LogP contribution in [0.2, 0.25) is 9.49 Å². The van der Waals surface area contributed by atoms with Gasteiger partial charge in [-0.2, -0.15) is 0 Å². The molecular formula is C12H12Cl2N4OS. The van der Waals surface area contributed by atoms with E-state index in [0.717, 1.165) is 15.6 Å². The second-order valence-electron chi connectivity index (χ2n) is 3.92. The van der Waals surface area contributed by atoms with Gasteiger partial charge in [0.15, 0.2) is 0 Å². The van der Waals surface area contributed by atoms with Gasteiger partial charge in [0.25, 0.3) is 5.91 Å². The van der Waals surface area contributed by atoms with Crippen molar-refractivity contribution in [2.24, 2.45) is 5.84 Å². The molecule has 0 aliphatic carbocycles. The molecule has 1 amide bonds.